The van der Waals surface area contributed by atoms with Crippen molar-refractivity contribution in [2.75, 3.05) is 12.4 Å². The van der Waals surface area contributed by atoms with Crippen LogP contribution in [0.1, 0.15) is 36.8 Å². The maximum atomic E-state index is 13.0. The van der Waals surface area contributed by atoms with Gasteiger partial charge >= 0.3 is 0 Å². The molecule has 0 saturated carbocycles. The van der Waals surface area contributed by atoms with Crippen LogP contribution in [0.5, 0.6) is 0 Å². The Morgan fingerprint density at radius 2 is 1.94 bits per heavy atom. The van der Waals surface area contributed by atoms with Gasteiger partial charge in [0.25, 0.3) is 0 Å². The fourth-order valence-corrected chi connectivity index (χ4v) is 1.94. The van der Waals surface area contributed by atoms with Gasteiger partial charge in [-0.25, -0.2) is 4.39 Å². The average molecular weight is 258 g/mol. The average Bonchev–Trinajstić information content (AvgIpc) is 2.32. The Hall–Kier alpha value is -0.600. The largest absolute Gasteiger partial charge is 0.313 e. The van der Waals surface area contributed by atoms with E-state index < -0.39 is 0 Å². The first-order valence-corrected chi connectivity index (χ1v) is 6.79. The van der Waals surface area contributed by atoms with Crippen molar-refractivity contribution in [2.45, 2.75) is 39.2 Å². The summed E-state index contributed by atoms with van der Waals surface area (Å²) < 4.78 is 13.0. The van der Waals surface area contributed by atoms with Crippen LogP contribution in [0.3, 0.4) is 0 Å². The summed E-state index contributed by atoms with van der Waals surface area (Å²) in [5.41, 5.74) is 2.19. The van der Waals surface area contributed by atoms with Crippen molar-refractivity contribution >= 4 is 11.6 Å². The predicted molar refractivity (Wildman–Crippen MR) is 72.0 cm³/mol. The summed E-state index contributed by atoms with van der Waals surface area (Å²) >= 11 is 5.60. The Morgan fingerprint density at radius 3 is 2.71 bits per heavy atom. The van der Waals surface area contributed by atoms with E-state index >= 15 is 0 Å². The summed E-state index contributed by atoms with van der Waals surface area (Å²) in [5.74, 6) is 0.602. The van der Waals surface area contributed by atoms with Crippen LogP contribution in [0.15, 0.2) is 18.2 Å². The standard InChI is InChI=1S/C14H21ClFN/c1-12-6-7-14(16)10-13(12)11-17-9-5-3-2-4-8-15/h6-7,10,17H,2-5,8-9,11H2,1H3. The van der Waals surface area contributed by atoms with Crippen LogP contribution in [-0.4, -0.2) is 12.4 Å². The highest BCUT2D eigenvalue weighted by molar-refractivity contribution is 6.17. The van der Waals surface area contributed by atoms with Crippen LogP contribution in [0.4, 0.5) is 4.39 Å². The van der Waals surface area contributed by atoms with Crippen molar-refractivity contribution in [3.05, 3.63) is 35.1 Å². The molecule has 1 rings (SSSR count). The molecule has 0 radical (unpaired) electrons. The monoisotopic (exact) mass is 257 g/mol. The predicted octanol–water partition coefficient (Wildman–Crippen LogP) is 4.02. The summed E-state index contributed by atoms with van der Waals surface area (Å²) in [6.45, 7) is 3.74. The molecule has 1 nitrogen and oxygen atoms in total. The van der Waals surface area contributed by atoms with Gasteiger partial charge in [0.05, 0.1) is 0 Å². The fourth-order valence-electron chi connectivity index (χ4n) is 1.75. The number of halogens is 2. The summed E-state index contributed by atoms with van der Waals surface area (Å²) in [6.07, 6.45) is 4.67. The first-order chi connectivity index (χ1) is 8.24. The van der Waals surface area contributed by atoms with Gasteiger partial charge in [0.15, 0.2) is 0 Å². The molecule has 1 N–H and O–H groups in total. The second-order valence-corrected chi connectivity index (χ2v) is 4.73. The number of rotatable bonds is 8. The highest BCUT2D eigenvalue weighted by atomic mass is 35.5. The molecular weight excluding hydrogens is 237 g/mol. The van der Waals surface area contributed by atoms with Gasteiger partial charge in [-0.2, -0.15) is 0 Å². The van der Waals surface area contributed by atoms with E-state index in [1.54, 1.807) is 6.07 Å². The third-order valence-electron chi connectivity index (χ3n) is 2.86. The molecule has 0 aliphatic carbocycles. The minimum Gasteiger partial charge on any atom is -0.313 e. The lowest BCUT2D eigenvalue weighted by molar-refractivity contribution is 0.591. The topological polar surface area (TPSA) is 12.0 Å². The van der Waals surface area contributed by atoms with Crippen LogP contribution >= 0.6 is 11.6 Å². The minimum absolute atomic E-state index is 0.158. The van der Waals surface area contributed by atoms with Crippen molar-refractivity contribution in [1.29, 1.82) is 0 Å². The Morgan fingerprint density at radius 1 is 1.18 bits per heavy atom. The summed E-state index contributed by atoms with van der Waals surface area (Å²) in [7, 11) is 0. The van der Waals surface area contributed by atoms with Crippen LogP contribution in [0.25, 0.3) is 0 Å². The SMILES string of the molecule is Cc1ccc(F)cc1CNCCCCCCCl. The van der Waals surface area contributed by atoms with Gasteiger partial charge in [0, 0.05) is 12.4 Å². The van der Waals surface area contributed by atoms with Gasteiger partial charge in [0.2, 0.25) is 0 Å². The molecule has 0 bridgehead atoms. The molecule has 96 valence electrons. The number of benzene rings is 1. The first kappa shape index (κ1) is 14.5. The van der Waals surface area contributed by atoms with E-state index in [1.165, 1.54) is 18.9 Å². The lowest BCUT2D eigenvalue weighted by Crippen LogP contribution is -2.15. The number of unbranched alkanes of at least 4 members (excludes halogenated alkanes) is 3. The van der Waals surface area contributed by atoms with Crippen LogP contribution < -0.4 is 5.32 Å². The Kier molecular flexibility index (Phi) is 7.22. The summed E-state index contributed by atoms with van der Waals surface area (Å²) in [4.78, 5) is 0. The molecule has 1 aromatic carbocycles. The minimum atomic E-state index is -0.158. The van der Waals surface area contributed by atoms with Gasteiger partial charge in [-0.3, -0.25) is 0 Å². The molecule has 0 atom stereocenters. The first-order valence-electron chi connectivity index (χ1n) is 6.25. The molecule has 0 spiro atoms. The number of hydrogen-bond donors (Lipinski definition) is 1. The molecule has 0 saturated heterocycles. The molecule has 17 heavy (non-hydrogen) atoms. The Labute approximate surface area is 108 Å². The molecule has 0 aromatic heterocycles. The van der Waals surface area contributed by atoms with Crippen molar-refractivity contribution in [2.24, 2.45) is 0 Å². The molecule has 0 aliphatic heterocycles. The molecule has 0 fully saturated rings. The van der Waals surface area contributed by atoms with Crippen LogP contribution in [0.2, 0.25) is 0 Å². The van der Waals surface area contributed by atoms with E-state index in [4.69, 9.17) is 11.6 Å². The number of hydrogen-bond acceptors (Lipinski definition) is 1. The number of alkyl halides is 1. The van der Waals surface area contributed by atoms with Crippen molar-refractivity contribution < 1.29 is 4.39 Å². The second kappa shape index (κ2) is 8.48. The molecule has 0 unspecified atom stereocenters. The zero-order valence-corrected chi connectivity index (χ0v) is 11.2. The molecular formula is C14H21ClFN. The van der Waals surface area contributed by atoms with E-state index in [0.29, 0.717) is 0 Å². The van der Waals surface area contributed by atoms with Crippen molar-refractivity contribution in [3.63, 3.8) is 0 Å². The second-order valence-electron chi connectivity index (χ2n) is 4.35. The fraction of sp³-hybridized carbons (Fsp3) is 0.571. The zero-order valence-electron chi connectivity index (χ0n) is 10.4. The van der Waals surface area contributed by atoms with E-state index in [9.17, 15) is 4.39 Å². The number of nitrogens with one attached hydrogen (secondary N) is 1. The normalized spacial score (nSPS) is 10.8. The Bertz CT molecular complexity index is 328. The lowest BCUT2D eigenvalue weighted by atomic mass is 10.1. The van der Waals surface area contributed by atoms with E-state index in [2.05, 4.69) is 5.32 Å². The summed E-state index contributed by atoms with van der Waals surface area (Å²) in [6, 6.07) is 4.94. The van der Waals surface area contributed by atoms with E-state index in [-0.39, 0.29) is 5.82 Å². The van der Waals surface area contributed by atoms with Crippen LogP contribution in [0, 0.1) is 12.7 Å². The smallest absolute Gasteiger partial charge is 0.123 e. The zero-order chi connectivity index (χ0) is 12.5. The number of aryl methyl sites for hydroxylation is 1. The maximum absolute atomic E-state index is 13.0. The van der Waals surface area contributed by atoms with Gasteiger partial charge in [-0.1, -0.05) is 18.9 Å². The third kappa shape index (κ3) is 6.04. The van der Waals surface area contributed by atoms with Gasteiger partial charge in [-0.15, -0.1) is 11.6 Å². The van der Waals surface area contributed by atoms with Gasteiger partial charge in [-0.05, 0) is 49.6 Å². The summed E-state index contributed by atoms with van der Waals surface area (Å²) in [5, 5.41) is 3.35. The highest BCUT2D eigenvalue weighted by Crippen LogP contribution is 2.09. The molecule has 0 heterocycles. The quantitative estimate of drug-likeness (QED) is 0.548. The molecule has 3 heteroatoms. The van der Waals surface area contributed by atoms with E-state index in [0.717, 1.165) is 42.9 Å². The van der Waals surface area contributed by atoms with Crippen molar-refractivity contribution in [3.8, 4) is 0 Å². The highest BCUT2D eigenvalue weighted by Gasteiger charge is 1.99. The van der Waals surface area contributed by atoms with E-state index in [1.807, 2.05) is 13.0 Å². The van der Waals surface area contributed by atoms with Gasteiger partial charge < -0.3 is 5.32 Å². The maximum Gasteiger partial charge on any atom is 0.123 e. The molecule has 1 aromatic rings. The van der Waals surface area contributed by atoms with Crippen LogP contribution in [-0.2, 0) is 6.54 Å². The Balaban J connectivity index is 2.15. The molecule has 0 amide bonds. The lowest BCUT2D eigenvalue weighted by Gasteiger charge is -2.07. The molecule has 0 aliphatic rings. The third-order valence-corrected chi connectivity index (χ3v) is 3.13. The van der Waals surface area contributed by atoms with Gasteiger partial charge in [0.1, 0.15) is 5.82 Å². The van der Waals surface area contributed by atoms with Crippen molar-refractivity contribution in [1.82, 2.24) is 5.32 Å².